The molecule has 0 spiro atoms. The summed E-state index contributed by atoms with van der Waals surface area (Å²) in [6, 6.07) is 0. The lowest BCUT2D eigenvalue weighted by molar-refractivity contribution is -0.101. The topological polar surface area (TPSA) is 83.4 Å². The van der Waals surface area contributed by atoms with Gasteiger partial charge in [0.25, 0.3) is 0 Å². The molecule has 1 unspecified atom stereocenters. The van der Waals surface area contributed by atoms with Gasteiger partial charge in [0.05, 0.1) is 5.92 Å². The van der Waals surface area contributed by atoms with Crippen LogP contribution in [0.4, 0.5) is 0 Å². The Morgan fingerprint density at radius 2 is 2.05 bits per heavy atom. The normalized spacial score (nSPS) is 20.7. The van der Waals surface area contributed by atoms with Crippen molar-refractivity contribution < 1.29 is 14.0 Å². The summed E-state index contributed by atoms with van der Waals surface area (Å²) in [6.07, 6.45) is 1.49. The highest BCUT2D eigenvalue weighted by molar-refractivity contribution is 5.05. The summed E-state index contributed by atoms with van der Waals surface area (Å²) in [7, 11) is 1.68. The number of ether oxygens (including phenoxy) is 2. The van der Waals surface area contributed by atoms with Gasteiger partial charge in [-0.1, -0.05) is 19.0 Å². The molecule has 6 nitrogen and oxygen atoms in total. The molecule has 1 aromatic rings. The Hall–Kier alpha value is -0.980. The summed E-state index contributed by atoms with van der Waals surface area (Å²) in [5.74, 6) is 1.68. The first kappa shape index (κ1) is 14.4. The average Bonchev–Trinajstić information content (AvgIpc) is 2.90. The highest BCUT2D eigenvalue weighted by atomic mass is 16.5. The molecular weight excluding hydrogens is 246 g/mol. The lowest BCUT2D eigenvalue weighted by Crippen LogP contribution is -2.36. The third kappa shape index (κ3) is 2.80. The smallest absolute Gasteiger partial charge is 0.231 e. The summed E-state index contributed by atoms with van der Waals surface area (Å²) in [6.45, 7) is 6.01. The molecule has 1 aromatic heterocycles. The van der Waals surface area contributed by atoms with E-state index in [-0.39, 0.29) is 5.92 Å². The van der Waals surface area contributed by atoms with Gasteiger partial charge in [-0.2, -0.15) is 4.98 Å². The van der Waals surface area contributed by atoms with E-state index in [0.29, 0.717) is 37.4 Å². The first-order valence-corrected chi connectivity index (χ1v) is 6.80. The van der Waals surface area contributed by atoms with Gasteiger partial charge in [0.15, 0.2) is 0 Å². The number of rotatable bonds is 5. The van der Waals surface area contributed by atoms with Crippen molar-refractivity contribution in [2.24, 2.45) is 11.7 Å². The second-order valence-corrected chi connectivity index (χ2v) is 5.35. The number of nitrogens with zero attached hydrogens (tertiary/aromatic N) is 2. The maximum Gasteiger partial charge on any atom is 0.231 e. The van der Waals surface area contributed by atoms with Crippen LogP contribution < -0.4 is 5.73 Å². The fourth-order valence-electron chi connectivity index (χ4n) is 2.45. The first-order chi connectivity index (χ1) is 9.13. The Balaban J connectivity index is 2.23. The van der Waals surface area contributed by atoms with E-state index in [1.54, 1.807) is 7.11 Å². The molecule has 6 heteroatoms. The van der Waals surface area contributed by atoms with Gasteiger partial charge in [0.2, 0.25) is 11.7 Å². The summed E-state index contributed by atoms with van der Waals surface area (Å²) < 4.78 is 16.4. The lowest BCUT2D eigenvalue weighted by atomic mass is 9.92. The minimum Gasteiger partial charge on any atom is -0.381 e. The fourth-order valence-corrected chi connectivity index (χ4v) is 2.45. The van der Waals surface area contributed by atoms with E-state index >= 15 is 0 Å². The molecule has 0 bridgehead atoms. The number of nitrogens with two attached hydrogens (primary N) is 1. The molecule has 2 N–H and O–H groups in total. The van der Waals surface area contributed by atoms with Gasteiger partial charge >= 0.3 is 0 Å². The summed E-state index contributed by atoms with van der Waals surface area (Å²) in [4.78, 5) is 4.53. The van der Waals surface area contributed by atoms with Gasteiger partial charge < -0.3 is 19.7 Å². The molecule has 1 atom stereocenters. The monoisotopic (exact) mass is 269 g/mol. The Kier molecular flexibility index (Phi) is 4.54. The Labute approximate surface area is 113 Å². The number of methoxy groups -OCH3 is 1. The second kappa shape index (κ2) is 5.98. The van der Waals surface area contributed by atoms with Crippen molar-refractivity contribution >= 4 is 0 Å². The van der Waals surface area contributed by atoms with Crippen LogP contribution in [0.3, 0.4) is 0 Å². The molecule has 0 aromatic carbocycles. The van der Waals surface area contributed by atoms with Crippen LogP contribution in [0.2, 0.25) is 0 Å². The van der Waals surface area contributed by atoms with Gasteiger partial charge in [-0.3, -0.25) is 0 Å². The van der Waals surface area contributed by atoms with Crippen molar-refractivity contribution in [1.29, 1.82) is 0 Å². The van der Waals surface area contributed by atoms with Crippen molar-refractivity contribution in [2.45, 2.75) is 38.2 Å². The zero-order chi connectivity index (χ0) is 13.9. The van der Waals surface area contributed by atoms with Gasteiger partial charge in [-0.25, -0.2) is 0 Å². The predicted octanol–water partition coefficient (Wildman–Crippen LogP) is 1.42. The Morgan fingerprint density at radius 3 is 2.58 bits per heavy atom. The molecule has 1 aliphatic rings. The molecule has 0 saturated carbocycles. The third-order valence-electron chi connectivity index (χ3n) is 3.92. The van der Waals surface area contributed by atoms with Gasteiger partial charge in [0, 0.05) is 39.7 Å². The van der Waals surface area contributed by atoms with Crippen LogP contribution in [-0.4, -0.2) is 37.0 Å². The van der Waals surface area contributed by atoms with E-state index in [1.165, 1.54) is 0 Å². The van der Waals surface area contributed by atoms with Crippen molar-refractivity contribution in [2.75, 3.05) is 26.9 Å². The zero-order valence-electron chi connectivity index (χ0n) is 11.9. The van der Waals surface area contributed by atoms with Crippen LogP contribution in [-0.2, 0) is 15.1 Å². The number of hydrogen-bond acceptors (Lipinski definition) is 6. The maximum absolute atomic E-state index is 5.78. The van der Waals surface area contributed by atoms with Crippen LogP contribution >= 0.6 is 0 Å². The SMILES string of the molecule is COC1(c2noc(C(CN)C(C)C)n2)CCOCC1. The Morgan fingerprint density at radius 1 is 1.37 bits per heavy atom. The van der Waals surface area contributed by atoms with Crippen LogP contribution in [0.1, 0.15) is 44.3 Å². The minimum atomic E-state index is -0.476. The number of aromatic nitrogens is 2. The quantitative estimate of drug-likeness (QED) is 0.870. The molecule has 2 heterocycles. The summed E-state index contributed by atoms with van der Waals surface area (Å²) in [5, 5.41) is 4.11. The van der Waals surface area contributed by atoms with Crippen molar-refractivity contribution in [1.82, 2.24) is 10.1 Å². The molecule has 1 fully saturated rings. The molecule has 108 valence electrons. The first-order valence-electron chi connectivity index (χ1n) is 6.80. The maximum atomic E-state index is 5.78. The largest absolute Gasteiger partial charge is 0.381 e. The summed E-state index contributed by atoms with van der Waals surface area (Å²) >= 11 is 0. The second-order valence-electron chi connectivity index (χ2n) is 5.35. The number of hydrogen-bond donors (Lipinski definition) is 1. The Bertz CT molecular complexity index is 400. The van der Waals surface area contributed by atoms with Crippen LogP contribution in [0.15, 0.2) is 4.52 Å². The molecule has 1 aliphatic heterocycles. The van der Waals surface area contributed by atoms with E-state index in [0.717, 1.165) is 12.8 Å². The van der Waals surface area contributed by atoms with E-state index in [9.17, 15) is 0 Å². The summed E-state index contributed by atoms with van der Waals surface area (Å²) in [5.41, 5.74) is 5.30. The minimum absolute atomic E-state index is 0.0926. The fraction of sp³-hybridized carbons (Fsp3) is 0.846. The lowest BCUT2D eigenvalue weighted by Gasteiger charge is -2.32. The van der Waals surface area contributed by atoms with Gasteiger partial charge in [-0.15, -0.1) is 0 Å². The standard InChI is InChI=1S/C13H23N3O3/c1-9(2)10(8-14)11-15-12(16-19-11)13(17-3)4-6-18-7-5-13/h9-10H,4-8,14H2,1-3H3. The molecular formula is C13H23N3O3. The van der Waals surface area contributed by atoms with Crippen molar-refractivity contribution in [3.8, 4) is 0 Å². The van der Waals surface area contributed by atoms with Crippen molar-refractivity contribution in [3.63, 3.8) is 0 Å². The zero-order valence-corrected chi connectivity index (χ0v) is 11.9. The van der Waals surface area contributed by atoms with Gasteiger partial charge in [0.1, 0.15) is 5.60 Å². The van der Waals surface area contributed by atoms with E-state index in [4.69, 9.17) is 19.7 Å². The molecule has 2 rings (SSSR count). The van der Waals surface area contributed by atoms with Crippen molar-refractivity contribution in [3.05, 3.63) is 11.7 Å². The molecule has 0 amide bonds. The van der Waals surface area contributed by atoms with Crippen LogP contribution in [0.25, 0.3) is 0 Å². The third-order valence-corrected chi connectivity index (χ3v) is 3.92. The van der Waals surface area contributed by atoms with E-state index in [1.807, 2.05) is 0 Å². The highest BCUT2D eigenvalue weighted by Gasteiger charge is 2.39. The average molecular weight is 269 g/mol. The highest BCUT2D eigenvalue weighted by Crippen LogP contribution is 2.34. The molecule has 1 saturated heterocycles. The predicted molar refractivity (Wildman–Crippen MR) is 69.7 cm³/mol. The van der Waals surface area contributed by atoms with E-state index < -0.39 is 5.60 Å². The van der Waals surface area contributed by atoms with E-state index in [2.05, 4.69) is 24.0 Å². The molecule has 0 radical (unpaired) electrons. The van der Waals surface area contributed by atoms with Crippen LogP contribution in [0, 0.1) is 5.92 Å². The molecule has 0 aliphatic carbocycles. The molecule has 19 heavy (non-hydrogen) atoms. The van der Waals surface area contributed by atoms with Gasteiger partial charge in [-0.05, 0) is 5.92 Å². The van der Waals surface area contributed by atoms with Crippen LogP contribution in [0.5, 0.6) is 0 Å².